The lowest BCUT2D eigenvalue weighted by molar-refractivity contribution is -0.0201. The first kappa shape index (κ1) is 27.2. The van der Waals surface area contributed by atoms with Crippen molar-refractivity contribution in [2.24, 2.45) is 12.0 Å². The van der Waals surface area contributed by atoms with E-state index in [2.05, 4.69) is 37.6 Å². The van der Waals surface area contributed by atoms with Gasteiger partial charge in [0.05, 0.1) is 18.8 Å². The molecule has 0 aromatic carbocycles. The number of aromatic nitrogens is 3. The first-order valence-electron chi connectivity index (χ1n) is 11.5. The summed E-state index contributed by atoms with van der Waals surface area (Å²) in [6.07, 6.45) is 2.44. The number of morpholine rings is 1. The van der Waals surface area contributed by atoms with E-state index in [-0.39, 0.29) is 24.0 Å². The van der Waals surface area contributed by atoms with Crippen molar-refractivity contribution in [2.45, 2.75) is 51.8 Å². The van der Waals surface area contributed by atoms with E-state index in [0.717, 1.165) is 57.6 Å². The van der Waals surface area contributed by atoms with Gasteiger partial charge in [-0.2, -0.15) is 0 Å². The maximum absolute atomic E-state index is 10.9. The molecule has 1 aromatic rings. The second-order valence-corrected chi connectivity index (χ2v) is 8.93. The van der Waals surface area contributed by atoms with Gasteiger partial charge in [0.25, 0.3) is 0 Å². The third-order valence-electron chi connectivity index (χ3n) is 6.28. The van der Waals surface area contributed by atoms with Crippen molar-refractivity contribution in [1.29, 1.82) is 0 Å². The van der Waals surface area contributed by atoms with Gasteiger partial charge in [-0.15, -0.1) is 34.2 Å². The van der Waals surface area contributed by atoms with Crippen LogP contribution >= 0.6 is 24.0 Å². The Morgan fingerprint density at radius 3 is 2.66 bits per heavy atom. The molecule has 2 aliphatic rings. The van der Waals surface area contributed by atoms with Gasteiger partial charge in [0, 0.05) is 45.8 Å². The van der Waals surface area contributed by atoms with E-state index in [1.807, 2.05) is 25.5 Å². The molecule has 0 amide bonds. The maximum atomic E-state index is 10.9. The van der Waals surface area contributed by atoms with Gasteiger partial charge in [-0.1, -0.05) is 6.92 Å². The SMILES string of the molecule is CCN1CCCC1CNC(=NCc1nnc(C)n1C)NCC(C)(O)CN1CCOCC1.I. The van der Waals surface area contributed by atoms with E-state index in [9.17, 15) is 5.11 Å². The number of ether oxygens (including phenoxy) is 1. The van der Waals surface area contributed by atoms with E-state index in [1.165, 1.54) is 12.8 Å². The number of nitrogens with one attached hydrogen (secondary N) is 2. The highest BCUT2D eigenvalue weighted by Crippen LogP contribution is 2.15. The Morgan fingerprint density at radius 1 is 1.25 bits per heavy atom. The fourth-order valence-corrected chi connectivity index (χ4v) is 4.24. The van der Waals surface area contributed by atoms with Crippen LogP contribution in [0, 0.1) is 6.92 Å². The number of rotatable bonds is 9. The molecule has 2 unspecified atom stereocenters. The van der Waals surface area contributed by atoms with Crippen LogP contribution in [0.3, 0.4) is 0 Å². The van der Waals surface area contributed by atoms with Crippen molar-refractivity contribution in [3.05, 3.63) is 11.6 Å². The summed E-state index contributed by atoms with van der Waals surface area (Å²) in [7, 11) is 1.95. The number of aliphatic hydroxyl groups is 1. The second-order valence-electron chi connectivity index (χ2n) is 8.93. The molecule has 3 rings (SSSR count). The molecule has 2 saturated heterocycles. The molecule has 0 spiro atoms. The van der Waals surface area contributed by atoms with Crippen LogP contribution in [0.4, 0.5) is 0 Å². The third-order valence-corrected chi connectivity index (χ3v) is 6.28. The lowest BCUT2D eigenvalue weighted by Crippen LogP contribution is -2.53. The summed E-state index contributed by atoms with van der Waals surface area (Å²) in [6.45, 7) is 13.7. The summed E-state index contributed by atoms with van der Waals surface area (Å²) in [6, 6.07) is 0.517. The molecule has 32 heavy (non-hydrogen) atoms. The summed E-state index contributed by atoms with van der Waals surface area (Å²) in [4.78, 5) is 9.49. The van der Waals surface area contributed by atoms with Crippen molar-refractivity contribution in [3.63, 3.8) is 0 Å². The van der Waals surface area contributed by atoms with Crippen LogP contribution in [0.25, 0.3) is 0 Å². The van der Waals surface area contributed by atoms with Crippen LogP contribution in [0.5, 0.6) is 0 Å². The molecule has 10 nitrogen and oxygen atoms in total. The van der Waals surface area contributed by atoms with Gasteiger partial charge in [0.1, 0.15) is 12.4 Å². The molecule has 0 aliphatic carbocycles. The Bertz CT molecular complexity index is 721. The molecule has 0 saturated carbocycles. The van der Waals surface area contributed by atoms with Gasteiger partial charge < -0.3 is 25.0 Å². The quantitative estimate of drug-likeness (QED) is 0.224. The molecule has 1 aromatic heterocycles. The monoisotopic (exact) mass is 564 g/mol. The number of hydrogen-bond acceptors (Lipinski definition) is 7. The smallest absolute Gasteiger partial charge is 0.191 e. The Labute approximate surface area is 209 Å². The Balaban J connectivity index is 0.00000363. The standard InChI is InChI=1S/C21H40N8O2.HI/c1-5-29-8-6-7-18(29)13-22-20(23-14-19-26-25-17(2)27(19)4)24-15-21(3,30)16-28-9-11-31-12-10-28;/h18,30H,5-16H2,1-4H3,(H2,22,23,24);1H. The average molecular weight is 565 g/mol. The van der Waals surface area contributed by atoms with Crippen molar-refractivity contribution in [2.75, 3.05) is 59.0 Å². The van der Waals surface area contributed by atoms with Crippen molar-refractivity contribution < 1.29 is 9.84 Å². The van der Waals surface area contributed by atoms with Crippen LogP contribution in [0.2, 0.25) is 0 Å². The van der Waals surface area contributed by atoms with Crippen LogP contribution in [0.1, 0.15) is 38.3 Å². The molecular weight excluding hydrogens is 523 g/mol. The summed E-state index contributed by atoms with van der Waals surface area (Å²) in [5.41, 5.74) is -0.871. The Kier molecular flexibility index (Phi) is 11.1. The number of likely N-dealkylation sites (N-methyl/N-ethyl adjacent to an activating group) is 1. The molecule has 0 bridgehead atoms. The van der Waals surface area contributed by atoms with E-state index >= 15 is 0 Å². The van der Waals surface area contributed by atoms with E-state index in [0.29, 0.717) is 31.6 Å². The summed E-state index contributed by atoms with van der Waals surface area (Å²) < 4.78 is 7.36. The molecule has 2 fully saturated rings. The van der Waals surface area contributed by atoms with Crippen molar-refractivity contribution >= 4 is 29.9 Å². The van der Waals surface area contributed by atoms with Gasteiger partial charge >= 0.3 is 0 Å². The lowest BCUT2D eigenvalue weighted by Gasteiger charge is -2.34. The van der Waals surface area contributed by atoms with Gasteiger partial charge in [-0.05, 0) is 39.8 Å². The topological polar surface area (TPSA) is 103 Å². The highest BCUT2D eigenvalue weighted by Gasteiger charge is 2.26. The van der Waals surface area contributed by atoms with Crippen LogP contribution in [0.15, 0.2) is 4.99 Å². The predicted octanol–water partition coefficient (Wildman–Crippen LogP) is 0.344. The molecule has 2 atom stereocenters. The number of guanidine groups is 1. The highest BCUT2D eigenvalue weighted by atomic mass is 127. The Morgan fingerprint density at radius 2 is 2.00 bits per heavy atom. The van der Waals surface area contributed by atoms with Crippen molar-refractivity contribution in [1.82, 2.24) is 35.2 Å². The fourth-order valence-electron chi connectivity index (χ4n) is 4.24. The first-order chi connectivity index (χ1) is 14.9. The summed E-state index contributed by atoms with van der Waals surface area (Å²) in [5, 5.41) is 26.1. The van der Waals surface area contributed by atoms with E-state index in [1.54, 1.807) is 0 Å². The van der Waals surface area contributed by atoms with Crippen LogP contribution < -0.4 is 10.6 Å². The Hall–Kier alpha value is -1.02. The van der Waals surface area contributed by atoms with Crippen LogP contribution in [-0.2, 0) is 18.3 Å². The minimum atomic E-state index is -0.871. The largest absolute Gasteiger partial charge is 0.387 e. The van der Waals surface area contributed by atoms with Gasteiger partial charge in [-0.3, -0.25) is 9.80 Å². The molecule has 2 aliphatic heterocycles. The molecule has 3 heterocycles. The lowest BCUT2D eigenvalue weighted by atomic mass is 10.1. The number of likely N-dealkylation sites (tertiary alicyclic amines) is 1. The number of β-amino-alcohol motifs (C(OH)–C–C–N with tert-alkyl or cyclic N) is 1. The zero-order valence-corrected chi connectivity index (χ0v) is 22.3. The minimum absolute atomic E-state index is 0. The summed E-state index contributed by atoms with van der Waals surface area (Å²) in [5.74, 6) is 2.38. The molecule has 3 N–H and O–H groups in total. The van der Waals surface area contributed by atoms with Crippen LogP contribution in [-0.4, -0.2) is 106 Å². The number of aliphatic imine (C=N–C) groups is 1. The molecular formula is C21H41IN8O2. The van der Waals surface area contributed by atoms with Crippen molar-refractivity contribution in [3.8, 4) is 0 Å². The van der Waals surface area contributed by atoms with E-state index in [4.69, 9.17) is 9.73 Å². The average Bonchev–Trinajstić information content (AvgIpc) is 3.34. The number of nitrogens with zero attached hydrogens (tertiary/aromatic N) is 6. The summed E-state index contributed by atoms with van der Waals surface area (Å²) >= 11 is 0. The third kappa shape index (κ3) is 8.08. The van der Waals surface area contributed by atoms with E-state index < -0.39 is 5.60 Å². The van der Waals surface area contributed by atoms with Gasteiger partial charge in [0.15, 0.2) is 11.8 Å². The maximum Gasteiger partial charge on any atom is 0.191 e. The predicted molar refractivity (Wildman–Crippen MR) is 136 cm³/mol. The molecule has 0 radical (unpaired) electrons. The highest BCUT2D eigenvalue weighted by molar-refractivity contribution is 14.0. The first-order valence-corrected chi connectivity index (χ1v) is 11.5. The number of hydrogen-bond donors (Lipinski definition) is 3. The molecule has 11 heteroatoms. The zero-order chi connectivity index (χ0) is 22.3. The van der Waals surface area contributed by atoms with Gasteiger partial charge in [0.2, 0.25) is 0 Å². The number of aryl methyl sites for hydroxylation is 1. The fraction of sp³-hybridized carbons (Fsp3) is 0.857. The van der Waals surface area contributed by atoms with Gasteiger partial charge in [-0.25, -0.2) is 4.99 Å². The zero-order valence-electron chi connectivity index (χ0n) is 20.0. The second kappa shape index (κ2) is 13.0. The minimum Gasteiger partial charge on any atom is -0.387 e. The number of halogens is 1. The normalized spacial score (nSPS) is 22.4. The molecule has 184 valence electrons.